The summed E-state index contributed by atoms with van der Waals surface area (Å²) in [6, 6.07) is 12.8. The van der Waals surface area contributed by atoms with E-state index in [-0.39, 0.29) is 35.8 Å². The van der Waals surface area contributed by atoms with Gasteiger partial charge in [-0.1, -0.05) is 18.2 Å². The lowest BCUT2D eigenvalue weighted by Crippen LogP contribution is -2.47. The van der Waals surface area contributed by atoms with Crippen LogP contribution in [0.2, 0.25) is 0 Å². The Morgan fingerprint density at radius 3 is 2.71 bits per heavy atom. The van der Waals surface area contributed by atoms with Gasteiger partial charge >= 0.3 is 0 Å². The number of nitrogens with zero attached hydrogens (tertiary/aromatic N) is 1. The fourth-order valence-electron chi connectivity index (χ4n) is 6.27. The Labute approximate surface area is 222 Å². The molecule has 38 heavy (non-hydrogen) atoms. The minimum absolute atomic E-state index is 0.00880. The lowest BCUT2D eigenvalue weighted by Gasteiger charge is -2.33. The van der Waals surface area contributed by atoms with Gasteiger partial charge in [-0.05, 0) is 87.3 Å². The van der Waals surface area contributed by atoms with E-state index in [4.69, 9.17) is 0 Å². The summed E-state index contributed by atoms with van der Waals surface area (Å²) >= 11 is 0. The fourth-order valence-corrected chi connectivity index (χ4v) is 6.27. The average molecular weight is 518 g/mol. The number of carbonyl (C=O) groups is 2. The fraction of sp³-hybridized carbons (Fsp3) is 0.467. The van der Waals surface area contributed by atoms with E-state index in [1.54, 1.807) is 6.07 Å². The number of fused-ring (bicyclic) bond motifs is 2. The van der Waals surface area contributed by atoms with Crippen LogP contribution in [0.25, 0.3) is 10.9 Å². The molecule has 1 aliphatic heterocycles. The molecule has 200 valence electrons. The van der Waals surface area contributed by atoms with Crippen LogP contribution in [0.3, 0.4) is 0 Å². The van der Waals surface area contributed by atoms with Gasteiger partial charge in [-0.3, -0.25) is 15.0 Å². The molecule has 4 unspecified atom stereocenters. The second-order valence-corrected chi connectivity index (χ2v) is 11.2. The molecule has 8 heteroatoms. The van der Waals surface area contributed by atoms with E-state index in [1.807, 2.05) is 19.2 Å². The van der Waals surface area contributed by atoms with Crippen molar-refractivity contribution in [3.8, 4) is 0 Å². The van der Waals surface area contributed by atoms with Crippen molar-refractivity contribution in [1.82, 2.24) is 26.1 Å². The highest BCUT2D eigenvalue weighted by atomic mass is 19.1. The van der Waals surface area contributed by atoms with Crippen molar-refractivity contribution in [2.24, 2.45) is 11.8 Å². The molecule has 0 spiro atoms. The van der Waals surface area contributed by atoms with Gasteiger partial charge in [0, 0.05) is 41.5 Å². The number of nitrogens with one attached hydrogen (secondary N) is 4. The molecule has 3 aliphatic rings. The maximum Gasteiger partial charge on any atom is 0.253 e. The first-order valence-electron chi connectivity index (χ1n) is 13.9. The van der Waals surface area contributed by atoms with E-state index < -0.39 is 0 Å². The molecule has 7 nitrogen and oxygen atoms in total. The summed E-state index contributed by atoms with van der Waals surface area (Å²) in [5.41, 5.74) is 10.4. The van der Waals surface area contributed by atoms with Gasteiger partial charge in [-0.15, -0.1) is 0 Å². The van der Waals surface area contributed by atoms with Crippen molar-refractivity contribution >= 4 is 22.7 Å². The van der Waals surface area contributed by atoms with Crippen LogP contribution < -0.4 is 21.5 Å². The quantitative estimate of drug-likeness (QED) is 0.372. The highest BCUT2D eigenvalue weighted by Crippen LogP contribution is 2.40. The van der Waals surface area contributed by atoms with E-state index in [0.29, 0.717) is 23.4 Å². The summed E-state index contributed by atoms with van der Waals surface area (Å²) in [6.45, 7) is 4.71. The number of hydrogen-bond donors (Lipinski definition) is 4. The Balaban J connectivity index is 1.20. The Kier molecular flexibility index (Phi) is 6.70. The Morgan fingerprint density at radius 2 is 1.95 bits per heavy atom. The topological polar surface area (TPSA) is 87.2 Å². The minimum atomic E-state index is -0.314. The second-order valence-electron chi connectivity index (χ2n) is 11.2. The van der Waals surface area contributed by atoms with Crippen molar-refractivity contribution in [3.63, 3.8) is 0 Å². The predicted molar refractivity (Wildman–Crippen MR) is 145 cm³/mol. The molecule has 4 N–H and O–H groups in total. The summed E-state index contributed by atoms with van der Waals surface area (Å²) in [6.07, 6.45) is 6.98. The third-order valence-electron chi connectivity index (χ3n) is 8.66. The van der Waals surface area contributed by atoms with Gasteiger partial charge in [-0.2, -0.15) is 0 Å². The van der Waals surface area contributed by atoms with Crippen LogP contribution in [0.5, 0.6) is 0 Å². The number of halogens is 1. The van der Waals surface area contributed by atoms with Gasteiger partial charge in [0.25, 0.3) is 5.91 Å². The van der Waals surface area contributed by atoms with E-state index in [2.05, 4.69) is 51.2 Å². The van der Waals surface area contributed by atoms with Crippen molar-refractivity contribution in [2.45, 2.75) is 76.7 Å². The van der Waals surface area contributed by atoms with Crippen molar-refractivity contribution < 1.29 is 14.0 Å². The van der Waals surface area contributed by atoms with Crippen molar-refractivity contribution in [1.29, 1.82) is 0 Å². The van der Waals surface area contributed by atoms with Crippen LogP contribution in [0.1, 0.15) is 79.4 Å². The van der Waals surface area contributed by atoms with Crippen LogP contribution in [-0.2, 0) is 11.3 Å². The summed E-state index contributed by atoms with van der Waals surface area (Å²) in [7, 11) is 0. The number of hydrogen-bond acceptors (Lipinski definition) is 4. The van der Waals surface area contributed by atoms with E-state index in [0.717, 1.165) is 55.1 Å². The highest BCUT2D eigenvalue weighted by Gasteiger charge is 2.42. The van der Waals surface area contributed by atoms with E-state index >= 15 is 0 Å². The molecule has 6 rings (SSSR count). The van der Waals surface area contributed by atoms with Crippen LogP contribution >= 0.6 is 0 Å². The Bertz CT molecular complexity index is 1370. The molecule has 0 radical (unpaired) electrons. The standard InChI is InChI=1S/C30H36FN5O2/c1-3-36-16-25(30(38)32-17(2)19-5-4-6-22(31)13-19)24-14-20(10-12-27(24)36)21-9-11-23-26(15-21)34-35-28(23)33-29(37)18-7-8-18/h4-6,10,12-14,16-18,21,23,26,28,34-35H,3,7-9,11,15H2,1-2H3,(H,32,38)(H,33,37)/t17-,21?,23?,26?,28?/m0/s1. The molecule has 3 aromatic rings. The smallest absolute Gasteiger partial charge is 0.253 e. The van der Waals surface area contributed by atoms with Crippen molar-refractivity contribution in [3.05, 3.63) is 71.2 Å². The molecule has 2 heterocycles. The summed E-state index contributed by atoms with van der Waals surface area (Å²) < 4.78 is 15.8. The maximum atomic E-state index is 13.7. The first kappa shape index (κ1) is 25.1. The summed E-state index contributed by atoms with van der Waals surface area (Å²) in [5.74, 6) is 0.669. The molecule has 0 bridgehead atoms. The number of rotatable bonds is 7. The van der Waals surface area contributed by atoms with Crippen LogP contribution in [0.15, 0.2) is 48.7 Å². The van der Waals surface area contributed by atoms with Gasteiger partial charge in [-0.25, -0.2) is 9.82 Å². The zero-order chi connectivity index (χ0) is 26.4. The molecule has 5 atom stereocenters. The summed E-state index contributed by atoms with van der Waals surface area (Å²) in [5, 5.41) is 7.20. The first-order valence-corrected chi connectivity index (χ1v) is 13.9. The molecule has 1 saturated heterocycles. The largest absolute Gasteiger partial charge is 0.347 e. The second kappa shape index (κ2) is 10.2. The minimum Gasteiger partial charge on any atom is -0.347 e. The van der Waals surface area contributed by atoms with Crippen LogP contribution in [0.4, 0.5) is 4.39 Å². The third kappa shape index (κ3) is 4.83. The van der Waals surface area contributed by atoms with E-state index in [9.17, 15) is 14.0 Å². The third-order valence-corrected chi connectivity index (χ3v) is 8.66. The van der Waals surface area contributed by atoms with Gasteiger partial charge in [0.2, 0.25) is 5.91 Å². The first-order chi connectivity index (χ1) is 18.4. The molecule has 2 aromatic carbocycles. The predicted octanol–water partition coefficient (Wildman–Crippen LogP) is 4.50. The Hall–Kier alpha value is -3.23. The molecule has 3 fully saturated rings. The monoisotopic (exact) mass is 517 g/mol. The lowest BCUT2D eigenvalue weighted by molar-refractivity contribution is -0.123. The number of aromatic nitrogens is 1. The number of carbonyl (C=O) groups excluding carboxylic acids is 2. The Morgan fingerprint density at radius 1 is 1.11 bits per heavy atom. The lowest BCUT2D eigenvalue weighted by atomic mass is 9.75. The number of benzene rings is 2. The van der Waals surface area contributed by atoms with E-state index in [1.165, 1.54) is 17.7 Å². The number of aryl methyl sites for hydroxylation is 1. The zero-order valence-corrected chi connectivity index (χ0v) is 22.0. The van der Waals surface area contributed by atoms with Gasteiger partial charge in [0.1, 0.15) is 5.82 Å². The molecular weight excluding hydrogens is 481 g/mol. The molecule has 2 saturated carbocycles. The van der Waals surface area contributed by atoms with Crippen LogP contribution in [-0.4, -0.2) is 28.6 Å². The molecule has 1 aromatic heterocycles. The van der Waals surface area contributed by atoms with Gasteiger partial charge in [0.15, 0.2) is 0 Å². The summed E-state index contributed by atoms with van der Waals surface area (Å²) in [4.78, 5) is 25.7. The molecule has 2 amide bonds. The van der Waals surface area contributed by atoms with Gasteiger partial charge < -0.3 is 15.2 Å². The molecule has 2 aliphatic carbocycles. The normalized spacial score (nSPS) is 25.7. The number of hydrazine groups is 1. The highest BCUT2D eigenvalue weighted by molar-refractivity contribution is 6.07. The number of amides is 2. The maximum absolute atomic E-state index is 13.7. The van der Waals surface area contributed by atoms with Crippen LogP contribution in [0, 0.1) is 17.7 Å². The SMILES string of the molecule is CCn1cc(C(=O)N[C@@H](C)c2cccc(F)c2)c2cc(C3CCC4C(C3)NNC4NC(=O)C3CC3)ccc21. The van der Waals surface area contributed by atoms with Crippen molar-refractivity contribution in [2.75, 3.05) is 0 Å². The van der Waals surface area contributed by atoms with Gasteiger partial charge in [0.05, 0.1) is 17.8 Å². The zero-order valence-electron chi connectivity index (χ0n) is 22.0. The molecular formula is C30H36FN5O2. The average Bonchev–Trinajstić information content (AvgIpc) is 3.61.